The van der Waals surface area contributed by atoms with Crippen LogP contribution in [0.3, 0.4) is 0 Å². The number of hydrogen-bond donors (Lipinski definition) is 1. The Kier molecular flexibility index (Phi) is 3.80. The summed E-state index contributed by atoms with van der Waals surface area (Å²) in [6.07, 6.45) is 5.47. The van der Waals surface area contributed by atoms with Crippen molar-refractivity contribution in [3.63, 3.8) is 0 Å². The topological polar surface area (TPSA) is 55.2 Å². The number of nitro benzene ring substituents is 1. The second-order valence-electron chi connectivity index (χ2n) is 6.99. The van der Waals surface area contributed by atoms with Crippen LogP contribution in [0.5, 0.6) is 0 Å². The Balaban J connectivity index is 1.82. The van der Waals surface area contributed by atoms with Crippen molar-refractivity contribution >= 4 is 23.0 Å². The zero-order chi connectivity index (χ0) is 17.7. The molecular formula is C20H19ClN2O2. The Morgan fingerprint density at radius 2 is 2.04 bits per heavy atom. The number of nitrogens with one attached hydrogen (secondary N) is 1. The van der Waals surface area contributed by atoms with E-state index in [1.807, 2.05) is 6.07 Å². The van der Waals surface area contributed by atoms with Crippen molar-refractivity contribution in [2.24, 2.45) is 5.92 Å². The molecule has 1 aliphatic heterocycles. The first-order valence-electron chi connectivity index (χ1n) is 8.44. The highest BCUT2D eigenvalue weighted by atomic mass is 35.5. The van der Waals surface area contributed by atoms with Gasteiger partial charge in [0, 0.05) is 17.7 Å². The predicted octanol–water partition coefficient (Wildman–Crippen LogP) is 5.69. The van der Waals surface area contributed by atoms with Crippen LogP contribution in [0.4, 0.5) is 11.4 Å². The number of aryl methyl sites for hydroxylation is 2. The summed E-state index contributed by atoms with van der Waals surface area (Å²) in [6.45, 7) is 4.23. The van der Waals surface area contributed by atoms with Gasteiger partial charge in [0.15, 0.2) is 0 Å². The van der Waals surface area contributed by atoms with E-state index in [-0.39, 0.29) is 16.8 Å². The standard InChI is InChI=1S/C20H19ClN2O2/c1-11-8-12(2)19-16(9-11)14-4-3-5-15(14)20(22-19)13-6-7-17(21)18(10-13)23(24)25/h3-4,6-10,14-15,20,22H,5H2,1-2H3. The van der Waals surface area contributed by atoms with E-state index in [9.17, 15) is 10.1 Å². The highest BCUT2D eigenvalue weighted by Gasteiger charge is 2.39. The number of benzene rings is 2. The largest absolute Gasteiger partial charge is 0.377 e. The minimum absolute atomic E-state index is 0.0323. The maximum atomic E-state index is 11.3. The van der Waals surface area contributed by atoms with Crippen LogP contribution < -0.4 is 5.32 Å². The average Bonchev–Trinajstić information content (AvgIpc) is 3.04. The van der Waals surface area contributed by atoms with Crippen LogP contribution in [-0.4, -0.2) is 4.92 Å². The molecule has 25 heavy (non-hydrogen) atoms. The maximum absolute atomic E-state index is 11.3. The minimum Gasteiger partial charge on any atom is -0.377 e. The third-order valence-electron chi connectivity index (χ3n) is 5.34. The van der Waals surface area contributed by atoms with Crippen LogP contribution >= 0.6 is 11.6 Å². The van der Waals surface area contributed by atoms with E-state index >= 15 is 0 Å². The third-order valence-corrected chi connectivity index (χ3v) is 5.66. The fourth-order valence-electron chi connectivity index (χ4n) is 4.27. The molecule has 0 radical (unpaired) electrons. The Labute approximate surface area is 151 Å². The summed E-state index contributed by atoms with van der Waals surface area (Å²) < 4.78 is 0. The first kappa shape index (κ1) is 16.2. The first-order valence-corrected chi connectivity index (χ1v) is 8.81. The lowest BCUT2D eigenvalue weighted by molar-refractivity contribution is -0.384. The van der Waals surface area contributed by atoms with Gasteiger partial charge in [0.2, 0.25) is 0 Å². The molecule has 0 saturated carbocycles. The van der Waals surface area contributed by atoms with Gasteiger partial charge in [-0.1, -0.05) is 47.5 Å². The molecule has 0 amide bonds. The van der Waals surface area contributed by atoms with E-state index in [0.29, 0.717) is 11.8 Å². The Bertz CT molecular complexity index is 907. The Morgan fingerprint density at radius 1 is 1.24 bits per heavy atom. The van der Waals surface area contributed by atoms with Gasteiger partial charge in [0.05, 0.1) is 11.0 Å². The number of nitro groups is 1. The summed E-state index contributed by atoms with van der Waals surface area (Å²) in [5.41, 5.74) is 5.84. The molecule has 0 spiro atoms. The van der Waals surface area contributed by atoms with Gasteiger partial charge >= 0.3 is 0 Å². The molecule has 2 aromatic carbocycles. The van der Waals surface area contributed by atoms with E-state index in [0.717, 1.165) is 17.7 Å². The predicted molar refractivity (Wildman–Crippen MR) is 100 cm³/mol. The lowest BCUT2D eigenvalue weighted by Gasteiger charge is -2.38. The molecule has 0 fully saturated rings. The van der Waals surface area contributed by atoms with Crippen molar-refractivity contribution in [3.05, 3.63) is 79.9 Å². The number of nitrogens with zero attached hydrogens (tertiary/aromatic N) is 1. The Hall–Kier alpha value is -2.33. The molecule has 2 aromatic rings. The third kappa shape index (κ3) is 2.61. The molecule has 1 N–H and O–H groups in total. The van der Waals surface area contributed by atoms with Crippen molar-refractivity contribution in [2.45, 2.75) is 32.2 Å². The van der Waals surface area contributed by atoms with E-state index in [1.54, 1.807) is 12.1 Å². The molecule has 0 aromatic heterocycles. The molecule has 128 valence electrons. The Morgan fingerprint density at radius 3 is 2.80 bits per heavy atom. The number of hydrogen-bond acceptors (Lipinski definition) is 3. The van der Waals surface area contributed by atoms with Gasteiger partial charge in [0.1, 0.15) is 5.02 Å². The summed E-state index contributed by atoms with van der Waals surface area (Å²) in [4.78, 5) is 10.8. The molecule has 4 rings (SSSR count). The lowest BCUT2D eigenvalue weighted by Crippen LogP contribution is -2.29. The number of allylic oxidation sites excluding steroid dienone is 2. The van der Waals surface area contributed by atoms with Gasteiger partial charge in [-0.25, -0.2) is 0 Å². The quantitative estimate of drug-likeness (QED) is 0.428. The van der Waals surface area contributed by atoms with Crippen LogP contribution in [0.2, 0.25) is 5.02 Å². The summed E-state index contributed by atoms with van der Waals surface area (Å²) >= 11 is 5.99. The monoisotopic (exact) mass is 354 g/mol. The number of anilines is 1. The molecule has 2 aliphatic rings. The maximum Gasteiger partial charge on any atom is 0.288 e. The zero-order valence-corrected chi connectivity index (χ0v) is 14.9. The van der Waals surface area contributed by atoms with E-state index in [4.69, 9.17) is 11.6 Å². The molecule has 5 heteroatoms. The molecule has 0 bridgehead atoms. The van der Waals surface area contributed by atoms with Crippen molar-refractivity contribution in [2.75, 3.05) is 5.32 Å². The average molecular weight is 355 g/mol. The van der Waals surface area contributed by atoms with Gasteiger partial charge in [0.25, 0.3) is 5.69 Å². The van der Waals surface area contributed by atoms with Crippen molar-refractivity contribution < 1.29 is 4.92 Å². The fraction of sp³-hybridized carbons (Fsp3) is 0.300. The molecule has 0 saturated heterocycles. The van der Waals surface area contributed by atoms with Gasteiger partial charge in [-0.3, -0.25) is 10.1 Å². The minimum atomic E-state index is -0.415. The van der Waals surface area contributed by atoms with Crippen LogP contribution in [0, 0.1) is 29.9 Å². The van der Waals surface area contributed by atoms with Gasteiger partial charge in [-0.05, 0) is 48.9 Å². The van der Waals surface area contributed by atoms with Crippen molar-refractivity contribution in [1.29, 1.82) is 0 Å². The molecule has 1 aliphatic carbocycles. The first-order chi connectivity index (χ1) is 12.0. The summed E-state index contributed by atoms with van der Waals surface area (Å²) in [5.74, 6) is 0.698. The van der Waals surface area contributed by atoms with Crippen LogP contribution in [-0.2, 0) is 0 Å². The molecule has 3 atom stereocenters. The summed E-state index contributed by atoms with van der Waals surface area (Å²) in [5, 5.41) is 15.1. The highest BCUT2D eigenvalue weighted by molar-refractivity contribution is 6.32. The smallest absolute Gasteiger partial charge is 0.288 e. The SMILES string of the molecule is Cc1cc(C)c2c(c1)C1C=CCC1C(c1ccc(Cl)c([N+](=O)[O-])c1)N2. The van der Waals surface area contributed by atoms with E-state index < -0.39 is 4.92 Å². The molecule has 3 unspecified atom stereocenters. The normalized spacial score (nSPS) is 23.7. The zero-order valence-electron chi connectivity index (χ0n) is 14.1. The van der Waals surface area contributed by atoms with Gasteiger partial charge < -0.3 is 5.32 Å². The van der Waals surface area contributed by atoms with E-state index in [2.05, 4.69) is 43.4 Å². The summed E-state index contributed by atoms with van der Waals surface area (Å²) in [6, 6.07) is 9.60. The molecule has 4 nitrogen and oxygen atoms in total. The second kappa shape index (κ2) is 5.88. The summed E-state index contributed by atoms with van der Waals surface area (Å²) in [7, 11) is 0. The fourth-order valence-corrected chi connectivity index (χ4v) is 4.45. The van der Waals surface area contributed by atoms with Crippen molar-refractivity contribution in [3.8, 4) is 0 Å². The van der Waals surface area contributed by atoms with Crippen LogP contribution in [0.15, 0.2) is 42.5 Å². The molecule has 1 heterocycles. The number of fused-ring (bicyclic) bond motifs is 3. The lowest BCUT2D eigenvalue weighted by atomic mass is 9.76. The second-order valence-corrected chi connectivity index (χ2v) is 7.40. The van der Waals surface area contributed by atoms with E-state index in [1.165, 1.54) is 16.7 Å². The van der Waals surface area contributed by atoms with Crippen molar-refractivity contribution in [1.82, 2.24) is 0 Å². The van der Waals surface area contributed by atoms with Crippen LogP contribution in [0.25, 0.3) is 0 Å². The molecular weight excluding hydrogens is 336 g/mol. The van der Waals surface area contributed by atoms with Gasteiger partial charge in [-0.2, -0.15) is 0 Å². The van der Waals surface area contributed by atoms with Gasteiger partial charge in [-0.15, -0.1) is 0 Å². The number of rotatable bonds is 2. The highest BCUT2D eigenvalue weighted by Crippen LogP contribution is 2.51. The van der Waals surface area contributed by atoms with Crippen LogP contribution in [0.1, 0.15) is 40.6 Å². The number of halogens is 1.